The summed E-state index contributed by atoms with van der Waals surface area (Å²) in [6, 6.07) is 12.6. The monoisotopic (exact) mass is 407 g/mol. The number of carbonyl (C=O) groups is 3. The van der Waals surface area contributed by atoms with Crippen LogP contribution < -0.4 is 0 Å². The van der Waals surface area contributed by atoms with Crippen molar-refractivity contribution in [1.82, 2.24) is 9.80 Å². The largest absolute Gasteiger partial charge is 0.290 e. The molecule has 2 heterocycles. The Balaban J connectivity index is 1.58. The van der Waals surface area contributed by atoms with Crippen LogP contribution in [0, 0.1) is 13.8 Å². The molecule has 2 aliphatic heterocycles. The van der Waals surface area contributed by atoms with Crippen LogP contribution in [0.3, 0.4) is 0 Å². The summed E-state index contributed by atoms with van der Waals surface area (Å²) in [7, 11) is 0. The molecule has 0 aliphatic carbocycles. The van der Waals surface area contributed by atoms with Gasteiger partial charge in [0.05, 0.1) is 16.8 Å². The molecule has 4 rings (SSSR count). The minimum absolute atomic E-state index is 0.279. The van der Waals surface area contributed by atoms with Gasteiger partial charge in [-0.05, 0) is 43.5 Å². The highest BCUT2D eigenvalue weighted by Gasteiger charge is 2.38. The Morgan fingerprint density at radius 1 is 1.00 bits per heavy atom. The number of fused-ring (bicyclic) bond motifs is 1. The Morgan fingerprint density at radius 3 is 2.24 bits per heavy atom. The number of aliphatic imine (C=N–C) groups is 1. The lowest BCUT2D eigenvalue weighted by Gasteiger charge is -2.29. The van der Waals surface area contributed by atoms with Crippen LogP contribution in [0.4, 0.5) is 5.69 Å². The van der Waals surface area contributed by atoms with Crippen molar-refractivity contribution in [2.45, 2.75) is 20.3 Å². The Labute approximate surface area is 173 Å². The smallest absolute Gasteiger partial charge is 0.262 e. The van der Waals surface area contributed by atoms with Crippen molar-refractivity contribution in [2.24, 2.45) is 4.99 Å². The van der Waals surface area contributed by atoms with Gasteiger partial charge in [0.1, 0.15) is 6.54 Å². The molecule has 0 atom stereocenters. The highest BCUT2D eigenvalue weighted by molar-refractivity contribution is 8.13. The maximum absolute atomic E-state index is 13.1. The number of amidine groups is 1. The van der Waals surface area contributed by atoms with Gasteiger partial charge in [-0.15, -0.1) is 0 Å². The number of thioether (sulfide) groups is 1. The molecule has 6 nitrogen and oxygen atoms in total. The van der Waals surface area contributed by atoms with Gasteiger partial charge in [0.25, 0.3) is 11.8 Å². The zero-order chi connectivity index (χ0) is 20.5. The zero-order valence-corrected chi connectivity index (χ0v) is 17.2. The van der Waals surface area contributed by atoms with Gasteiger partial charge in [-0.25, -0.2) is 4.99 Å². The van der Waals surface area contributed by atoms with Crippen molar-refractivity contribution < 1.29 is 14.4 Å². The Morgan fingerprint density at radius 2 is 1.62 bits per heavy atom. The predicted octanol–water partition coefficient (Wildman–Crippen LogP) is 3.55. The highest BCUT2D eigenvalue weighted by Crippen LogP contribution is 2.28. The van der Waals surface area contributed by atoms with Gasteiger partial charge in [-0.1, -0.05) is 42.1 Å². The fourth-order valence-corrected chi connectivity index (χ4v) is 4.53. The Bertz CT molecular complexity index is 992. The van der Waals surface area contributed by atoms with Crippen LogP contribution in [0.15, 0.2) is 47.5 Å². The van der Waals surface area contributed by atoms with Gasteiger partial charge >= 0.3 is 0 Å². The van der Waals surface area contributed by atoms with Gasteiger partial charge in [0.15, 0.2) is 5.17 Å². The minimum atomic E-state index is -0.420. The van der Waals surface area contributed by atoms with E-state index in [1.165, 1.54) is 11.8 Å². The second-order valence-corrected chi connectivity index (χ2v) is 8.19. The number of para-hydroxylation sites is 1. The number of hydrogen-bond donors (Lipinski definition) is 0. The molecule has 1 fully saturated rings. The second-order valence-electron chi connectivity index (χ2n) is 7.12. The van der Waals surface area contributed by atoms with Crippen molar-refractivity contribution in [3.05, 3.63) is 64.7 Å². The lowest BCUT2D eigenvalue weighted by Crippen LogP contribution is -2.46. The molecule has 148 valence electrons. The molecule has 0 aromatic heterocycles. The molecular formula is C22H21N3O3S. The van der Waals surface area contributed by atoms with Crippen LogP contribution >= 0.6 is 11.8 Å². The van der Waals surface area contributed by atoms with E-state index in [1.807, 2.05) is 32.0 Å². The quantitative estimate of drug-likeness (QED) is 0.730. The molecule has 0 radical (unpaired) electrons. The fraction of sp³-hybridized carbons (Fsp3) is 0.273. The van der Waals surface area contributed by atoms with E-state index < -0.39 is 11.8 Å². The predicted molar refractivity (Wildman–Crippen MR) is 114 cm³/mol. The average Bonchev–Trinajstić information content (AvgIpc) is 2.96. The summed E-state index contributed by atoms with van der Waals surface area (Å²) in [5.74, 6) is -0.258. The fourth-order valence-electron chi connectivity index (χ4n) is 3.56. The number of carbonyl (C=O) groups excluding carboxylic acids is 3. The molecule has 0 spiro atoms. The van der Waals surface area contributed by atoms with Crippen LogP contribution in [-0.2, 0) is 4.79 Å². The first-order chi connectivity index (χ1) is 14.0. The van der Waals surface area contributed by atoms with E-state index in [2.05, 4.69) is 0 Å². The molecule has 29 heavy (non-hydrogen) atoms. The molecule has 0 saturated carbocycles. The molecule has 2 aromatic carbocycles. The number of benzene rings is 2. The van der Waals surface area contributed by atoms with Crippen molar-refractivity contribution in [3.8, 4) is 0 Å². The molecule has 0 bridgehead atoms. The molecule has 2 aromatic rings. The summed E-state index contributed by atoms with van der Waals surface area (Å²) in [5, 5.41) is 0.621. The number of nitrogens with zero attached hydrogens (tertiary/aromatic N) is 3. The summed E-state index contributed by atoms with van der Waals surface area (Å²) < 4.78 is 0. The molecule has 0 N–H and O–H groups in total. The average molecular weight is 407 g/mol. The first kappa shape index (κ1) is 19.4. The van der Waals surface area contributed by atoms with Gasteiger partial charge in [0.2, 0.25) is 5.91 Å². The topological polar surface area (TPSA) is 70.1 Å². The lowest BCUT2D eigenvalue weighted by molar-refractivity contribution is -0.127. The van der Waals surface area contributed by atoms with Crippen LogP contribution in [0.25, 0.3) is 0 Å². The maximum Gasteiger partial charge on any atom is 0.262 e. The number of aryl methyl sites for hydroxylation is 2. The standard InChI is InChI=1S/C22H21N3O3S/c1-14-7-5-8-15(2)19(14)23-22-24(11-6-12-29-22)18(26)13-25-20(27)16-9-3-4-10-17(16)21(25)28/h3-5,7-10H,6,11-13H2,1-2H3. The summed E-state index contributed by atoms with van der Waals surface area (Å²) in [6.07, 6.45) is 0.838. The third-order valence-electron chi connectivity index (χ3n) is 5.11. The molecule has 1 saturated heterocycles. The van der Waals surface area contributed by atoms with E-state index >= 15 is 0 Å². The van der Waals surface area contributed by atoms with Crippen molar-refractivity contribution in [3.63, 3.8) is 0 Å². The van der Waals surface area contributed by atoms with E-state index in [0.29, 0.717) is 22.8 Å². The molecule has 0 unspecified atom stereocenters. The first-order valence-corrected chi connectivity index (χ1v) is 10.5. The normalized spacial score (nSPS) is 17.8. The van der Waals surface area contributed by atoms with Gasteiger partial charge in [-0.3, -0.25) is 24.2 Å². The Kier molecular flexibility index (Phi) is 5.24. The van der Waals surface area contributed by atoms with E-state index in [4.69, 9.17) is 4.99 Å². The summed E-state index contributed by atoms with van der Waals surface area (Å²) in [4.78, 5) is 45.6. The molecule has 3 amide bonds. The van der Waals surface area contributed by atoms with E-state index in [1.54, 1.807) is 29.2 Å². The van der Waals surface area contributed by atoms with Crippen molar-refractivity contribution in [1.29, 1.82) is 0 Å². The maximum atomic E-state index is 13.1. The summed E-state index contributed by atoms with van der Waals surface area (Å²) in [5.41, 5.74) is 3.63. The van der Waals surface area contributed by atoms with Gasteiger partial charge in [0, 0.05) is 12.3 Å². The molecular weight excluding hydrogens is 386 g/mol. The SMILES string of the molecule is Cc1cccc(C)c1N=C1SCCCN1C(=O)CN1C(=O)c2ccccc2C1=O. The van der Waals surface area contributed by atoms with E-state index in [9.17, 15) is 14.4 Å². The zero-order valence-electron chi connectivity index (χ0n) is 16.3. The minimum Gasteiger partial charge on any atom is -0.290 e. The second kappa shape index (κ2) is 7.83. The number of rotatable bonds is 3. The van der Waals surface area contributed by atoms with Gasteiger partial charge < -0.3 is 0 Å². The molecule has 2 aliphatic rings. The highest BCUT2D eigenvalue weighted by atomic mass is 32.2. The van der Waals surface area contributed by atoms with Crippen LogP contribution in [0.5, 0.6) is 0 Å². The Hall–Kier alpha value is -2.93. The summed E-state index contributed by atoms with van der Waals surface area (Å²) >= 11 is 1.53. The van der Waals surface area contributed by atoms with E-state index in [0.717, 1.165) is 33.9 Å². The third-order valence-corrected chi connectivity index (χ3v) is 6.17. The number of amides is 3. The third kappa shape index (κ3) is 3.58. The van der Waals surface area contributed by atoms with Crippen LogP contribution in [0.1, 0.15) is 38.3 Å². The number of imide groups is 1. The van der Waals surface area contributed by atoms with E-state index in [-0.39, 0.29) is 12.5 Å². The number of hydrogen-bond acceptors (Lipinski definition) is 5. The first-order valence-electron chi connectivity index (χ1n) is 9.50. The van der Waals surface area contributed by atoms with Crippen LogP contribution in [0.2, 0.25) is 0 Å². The van der Waals surface area contributed by atoms with Crippen molar-refractivity contribution >= 4 is 40.3 Å². The summed E-state index contributed by atoms with van der Waals surface area (Å²) in [6.45, 7) is 4.23. The molecule has 7 heteroatoms. The lowest BCUT2D eigenvalue weighted by atomic mass is 10.1. The van der Waals surface area contributed by atoms with Crippen molar-refractivity contribution in [2.75, 3.05) is 18.8 Å². The van der Waals surface area contributed by atoms with Crippen LogP contribution in [-0.4, -0.2) is 51.5 Å². The van der Waals surface area contributed by atoms with Gasteiger partial charge in [-0.2, -0.15) is 0 Å².